The Morgan fingerprint density at radius 1 is 1.20 bits per heavy atom. The van der Waals surface area contributed by atoms with Crippen LogP contribution in [0.4, 0.5) is 0 Å². The van der Waals surface area contributed by atoms with Gasteiger partial charge in [-0.05, 0) is 25.2 Å². The van der Waals surface area contributed by atoms with E-state index in [0.717, 1.165) is 0 Å². The summed E-state index contributed by atoms with van der Waals surface area (Å²) in [6.07, 6.45) is 3.42. The van der Waals surface area contributed by atoms with Crippen molar-refractivity contribution in [3.05, 3.63) is 11.6 Å². The number of ether oxygens (including phenoxy) is 1. The number of carbonyl (C=O) groups is 2. The van der Waals surface area contributed by atoms with Gasteiger partial charge < -0.3 is 4.74 Å². The molecule has 2 aliphatic carbocycles. The first-order valence-electron chi connectivity index (χ1n) is 5.32. The van der Waals surface area contributed by atoms with Crippen molar-refractivity contribution in [2.24, 2.45) is 16.2 Å². The van der Waals surface area contributed by atoms with Gasteiger partial charge in [-0.2, -0.15) is 0 Å². The minimum atomic E-state index is -0.546. The molecule has 1 aliphatic heterocycles. The summed E-state index contributed by atoms with van der Waals surface area (Å²) in [4.78, 5) is 23.7. The molecule has 0 aromatic rings. The molecule has 0 spiro atoms. The zero-order valence-electron chi connectivity index (χ0n) is 9.22. The number of allylic oxidation sites excluding steroid dienone is 2. The average molecular weight is 206 g/mol. The molecule has 15 heavy (non-hydrogen) atoms. The fraction of sp³-hybridized carbons (Fsp3) is 0.667. The topological polar surface area (TPSA) is 43.4 Å². The molecule has 3 nitrogen and oxygen atoms in total. The molecule has 3 aliphatic rings. The summed E-state index contributed by atoms with van der Waals surface area (Å²) in [6.45, 7) is 6.04. The Morgan fingerprint density at radius 3 is 2.47 bits per heavy atom. The van der Waals surface area contributed by atoms with Crippen LogP contribution in [0, 0.1) is 16.2 Å². The van der Waals surface area contributed by atoms with Crippen LogP contribution in [0.15, 0.2) is 11.6 Å². The molecular weight excluding hydrogens is 192 g/mol. The van der Waals surface area contributed by atoms with Gasteiger partial charge in [0.2, 0.25) is 0 Å². The molecule has 0 aromatic heterocycles. The third-order valence-electron chi connectivity index (χ3n) is 4.98. The van der Waals surface area contributed by atoms with Gasteiger partial charge in [-0.15, -0.1) is 0 Å². The number of carbonyl (C=O) groups excluding carboxylic acids is 2. The third-order valence-corrected chi connectivity index (χ3v) is 4.98. The SMILES string of the molecule is CC1=CCC23C(=O)OC(=O)C2(C1)C3(C)C. The van der Waals surface area contributed by atoms with Crippen molar-refractivity contribution in [1.29, 1.82) is 0 Å². The van der Waals surface area contributed by atoms with Crippen LogP contribution in [0.25, 0.3) is 0 Å². The summed E-state index contributed by atoms with van der Waals surface area (Å²) in [5.74, 6) is -0.605. The predicted octanol–water partition coefficient (Wildman–Crippen LogP) is 1.82. The van der Waals surface area contributed by atoms with E-state index in [9.17, 15) is 9.59 Å². The number of esters is 2. The Kier molecular flexibility index (Phi) is 1.24. The first kappa shape index (κ1) is 9.13. The molecule has 0 bridgehead atoms. The minimum Gasteiger partial charge on any atom is -0.392 e. The largest absolute Gasteiger partial charge is 0.392 e. The highest BCUT2D eigenvalue weighted by Crippen LogP contribution is 2.86. The minimum absolute atomic E-state index is 0.235. The van der Waals surface area contributed by atoms with Gasteiger partial charge in [0, 0.05) is 0 Å². The molecule has 1 saturated carbocycles. The Morgan fingerprint density at radius 2 is 1.80 bits per heavy atom. The lowest BCUT2D eigenvalue weighted by molar-refractivity contribution is -0.160. The fourth-order valence-corrected chi connectivity index (χ4v) is 3.95. The summed E-state index contributed by atoms with van der Waals surface area (Å²) in [6, 6.07) is 0. The molecule has 2 atom stereocenters. The Balaban J connectivity index is 2.22. The number of rotatable bonds is 0. The van der Waals surface area contributed by atoms with E-state index in [0.29, 0.717) is 12.8 Å². The Hall–Kier alpha value is -1.12. The molecule has 3 rings (SSSR count). The van der Waals surface area contributed by atoms with Crippen LogP contribution in [0.1, 0.15) is 33.6 Å². The van der Waals surface area contributed by atoms with Gasteiger partial charge in [-0.25, -0.2) is 0 Å². The van der Waals surface area contributed by atoms with E-state index in [-0.39, 0.29) is 17.4 Å². The Labute approximate surface area is 88.5 Å². The fourth-order valence-electron chi connectivity index (χ4n) is 3.95. The summed E-state index contributed by atoms with van der Waals surface area (Å²) >= 11 is 0. The second-order valence-electron chi connectivity index (χ2n) is 5.54. The van der Waals surface area contributed by atoms with E-state index in [1.54, 1.807) is 0 Å². The van der Waals surface area contributed by atoms with Gasteiger partial charge in [0.1, 0.15) is 0 Å². The summed E-state index contributed by atoms with van der Waals surface area (Å²) in [7, 11) is 0. The molecule has 3 heteroatoms. The smallest absolute Gasteiger partial charge is 0.321 e. The number of hydrogen-bond donors (Lipinski definition) is 0. The van der Waals surface area contributed by atoms with Crippen LogP contribution in [0.5, 0.6) is 0 Å². The van der Waals surface area contributed by atoms with E-state index < -0.39 is 10.8 Å². The van der Waals surface area contributed by atoms with E-state index in [2.05, 4.69) is 6.08 Å². The maximum absolute atomic E-state index is 11.9. The molecule has 1 heterocycles. The summed E-state index contributed by atoms with van der Waals surface area (Å²) < 4.78 is 4.82. The zero-order chi connectivity index (χ0) is 11.1. The van der Waals surface area contributed by atoms with Gasteiger partial charge in [-0.3, -0.25) is 9.59 Å². The van der Waals surface area contributed by atoms with Crippen molar-refractivity contribution < 1.29 is 14.3 Å². The van der Waals surface area contributed by atoms with Crippen LogP contribution >= 0.6 is 0 Å². The van der Waals surface area contributed by atoms with Crippen molar-refractivity contribution in [1.82, 2.24) is 0 Å². The van der Waals surface area contributed by atoms with Crippen molar-refractivity contribution in [3.8, 4) is 0 Å². The van der Waals surface area contributed by atoms with E-state index in [1.807, 2.05) is 20.8 Å². The van der Waals surface area contributed by atoms with Crippen molar-refractivity contribution >= 4 is 11.9 Å². The van der Waals surface area contributed by atoms with Crippen LogP contribution < -0.4 is 0 Å². The maximum atomic E-state index is 11.9. The van der Waals surface area contributed by atoms with E-state index in [4.69, 9.17) is 4.74 Å². The van der Waals surface area contributed by atoms with Crippen LogP contribution in [0.2, 0.25) is 0 Å². The molecule has 0 N–H and O–H groups in total. The summed E-state index contributed by atoms with van der Waals surface area (Å²) in [5, 5.41) is 0. The van der Waals surface area contributed by atoms with E-state index in [1.165, 1.54) is 5.57 Å². The molecule has 80 valence electrons. The van der Waals surface area contributed by atoms with Crippen LogP contribution in [-0.2, 0) is 14.3 Å². The Bertz CT molecular complexity index is 432. The second-order valence-corrected chi connectivity index (χ2v) is 5.54. The first-order valence-corrected chi connectivity index (χ1v) is 5.32. The monoisotopic (exact) mass is 206 g/mol. The van der Waals surface area contributed by atoms with Gasteiger partial charge in [0.25, 0.3) is 0 Å². The number of cyclic esters (lactones) is 2. The van der Waals surface area contributed by atoms with Gasteiger partial charge in [-0.1, -0.05) is 25.5 Å². The highest BCUT2D eigenvalue weighted by molar-refractivity contribution is 6.09. The van der Waals surface area contributed by atoms with Gasteiger partial charge in [0.05, 0.1) is 10.8 Å². The molecule has 0 aromatic carbocycles. The highest BCUT2D eigenvalue weighted by Gasteiger charge is 2.93. The van der Waals surface area contributed by atoms with Gasteiger partial charge >= 0.3 is 11.9 Å². The third kappa shape index (κ3) is 0.589. The lowest BCUT2D eigenvalue weighted by atomic mass is 9.82. The molecule has 2 unspecified atom stereocenters. The quantitative estimate of drug-likeness (QED) is 0.345. The maximum Gasteiger partial charge on any atom is 0.321 e. The van der Waals surface area contributed by atoms with Crippen LogP contribution in [-0.4, -0.2) is 11.9 Å². The number of hydrogen-bond acceptors (Lipinski definition) is 3. The molecule has 1 saturated heterocycles. The first-order chi connectivity index (χ1) is 6.90. The van der Waals surface area contributed by atoms with Crippen LogP contribution in [0.3, 0.4) is 0 Å². The highest BCUT2D eigenvalue weighted by atomic mass is 16.6. The lowest BCUT2D eigenvalue weighted by Crippen LogP contribution is -2.23. The molecule has 0 amide bonds. The predicted molar refractivity (Wildman–Crippen MR) is 52.7 cm³/mol. The van der Waals surface area contributed by atoms with Gasteiger partial charge in [0.15, 0.2) is 0 Å². The van der Waals surface area contributed by atoms with Crippen molar-refractivity contribution in [2.45, 2.75) is 33.6 Å². The second kappa shape index (κ2) is 2.04. The standard InChI is InChI=1S/C12H14O3/c1-7-4-5-11-8(13)15-9(14)12(11,6-7)10(11,2)3/h4H,5-6H2,1-3H3. The summed E-state index contributed by atoms with van der Waals surface area (Å²) in [5.41, 5.74) is -0.129. The molecular formula is C12H14O3. The van der Waals surface area contributed by atoms with Crippen molar-refractivity contribution in [2.75, 3.05) is 0 Å². The van der Waals surface area contributed by atoms with E-state index >= 15 is 0 Å². The molecule has 0 radical (unpaired) electrons. The normalized spacial score (nSPS) is 45.4. The lowest BCUT2D eigenvalue weighted by Gasteiger charge is -2.16. The average Bonchev–Trinajstić information content (AvgIpc) is 2.46. The zero-order valence-corrected chi connectivity index (χ0v) is 9.22. The van der Waals surface area contributed by atoms with Crippen molar-refractivity contribution in [3.63, 3.8) is 0 Å². The molecule has 2 fully saturated rings.